The fourth-order valence-corrected chi connectivity index (χ4v) is 1.20. The minimum atomic E-state index is -0.350. The van der Waals surface area contributed by atoms with Gasteiger partial charge >= 0.3 is 5.97 Å². The Morgan fingerprint density at radius 3 is 3.31 bits per heavy atom. The Labute approximate surface area is 92.1 Å². The summed E-state index contributed by atoms with van der Waals surface area (Å²) in [5.41, 5.74) is 1.38. The average Bonchev–Trinajstić information content (AvgIpc) is 2.73. The number of ether oxygens (including phenoxy) is 1. The smallest absolute Gasteiger partial charge is 0.317 e. The summed E-state index contributed by atoms with van der Waals surface area (Å²) in [6, 6.07) is 1.78. The number of carbonyl (C=O) groups is 1. The van der Waals surface area contributed by atoms with E-state index in [4.69, 9.17) is 0 Å². The van der Waals surface area contributed by atoms with Crippen LogP contribution in [0.1, 0.15) is 12.0 Å². The first-order valence-corrected chi connectivity index (χ1v) is 4.65. The molecule has 0 aliphatic carbocycles. The first kappa shape index (κ1) is 10.2. The van der Waals surface area contributed by atoms with E-state index in [2.05, 4.69) is 26.7 Å². The maximum absolute atomic E-state index is 10.8. The molecule has 16 heavy (non-hydrogen) atoms. The second-order valence-electron chi connectivity index (χ2n) is 3.00. The highest BCUT2D eigenvalue weighted by molar-refractivity contribution is 5.72. The van der Waals surface area contributed by atoms with Crippen molar-refractivity contribution >= 4 is 11.6 Å². The molecule has 0 fully saturated rings. The second kappa shape index (κ2) is 4.45. The van der Waals surface area contributed by atoms with Gasteiger partial charge in [0.15, 0.2) is 5.65 Å². The Balaban J connectivity index is 2.24. The topological polar surface area (TPSA) is 56.5 Å². The van der Waals surface area contributed by atoms with Gasteiger partial charge in [-0.3, -0.25) is 4.79 Å². The molecule has 2 heterocycles. The van der Waals surface area contributed by atoms with Crippen LogP contribution >= 0.6 is 0 Å². The summed E-state index contributed by atoms with van der Waals surface area (Å²) < 4.78 is 6.11. The zero-order valence-electron chi connectivity index (χ0n) is 8.67. The Morgan fingerprint density at radius 2 is 2.50 bits per heavy atom. The summed E-state index contributed by atoms with van der Waals surface area (Å²) in [5, 5.41) is 4.07. The molecule has 0 bridgehead atoms. The third-order valence-corrected chi connectivity index (χ3v) is 1.96. The van der Waals surface area contributed by atoms with Gasteiger partial charge in [0.1, 0.15) is 6.42 Å². The Morgan fingerprint density at radius 1 is 1.62 bits per heavy atom. The lowest BCUT2D eigenvalue weighted by Gasteiger charge is -1.90. The van der Waals surface area contributed by atoms with Gasteiger partial charge in [0, 0.05) is 12.4 Å². The van der Waals surface area contributed by atoms with Crippen LogP contribution in [0.3, 0.4) is 0 Å². The lowest BCUT2D eigenvalue weighted by Crippen LogP contribution is -1.97. The van der Waals surface area contributed by atoms with E-state index in [1.165, 1.54) is 7.11 Å². The fraction of sp³-hybridized carbons (Fsp3) is 0.182. The third kappa shape index (κ3) is 2.01. The molecule has 80 valence electrons. The highest BCUT2D eigenvalue weighted by Gasteiger charge is 2.00. The van der Waals surface area contributed by atoms with E-state index in [1.54, 1.807) is 29.2 Å². The van der Waals surface area contributed by atoms with E-state index >= 15 is 0 Å². The van der Waals surface area contributed by atoms with Gasteiger partial charge in [-0.2, -0.15) is 5.10 Å². The van der Waals surface area contributed by atoms with E-state index in [9.17, 15) is 4.79 Å². The normalized spacial score (nSPS) is 9.56. The van der Waals surface area contributed by atoms with Gasteiger partial charge in [-0.15, -0.1) is 0 Å². The highest BCUT2D eigenvalue weighted by atomic mass is 16.5. The van der Waals surface area contributed by atoms with Crippen molar-refractivity contribution in [1.29, 1.82) is 0 Å². The quantitative estimate of drug-likeness (QED) is 0.517. The molecule has 0 aliphatic heterocycles. The lowest BCUT2D eigenvalue weighted by atomic mass is 10.3. The van der Waals surface area contributed by atoms with Crippen LogP contribution in [0.4, 0.5) is 0 Å². The summed E-state index contributed by atoms with van der Waals surface area (Å²) in [7, 11) is 1.33. The SMILES string of the molecule is COC(=O)CC#Cc1cnn2cccnc12. The minimum Gasteiger partial charge on any atom is -0.468 e. The van der Waals surface area contributed by atoms with Crippen LogP contribution in [0.5, 0.6) is 0 Å². The summed E-state index contributed by atoms with van der Waals surface area (Å²) in [6.07, 6.45) is 5.14. The van der Waals surface area contributed by atoms with Crippen molar-refractivity contribution in [2.75, 3.05) is 7.11 Å². The number of hydrogen-bond donors (Lipinski definition) is 0. The van der Waals surface area contributed by atoms with Crippen molar-refractivity contribution in [3.05, 3.63) is 30.2 Å². The van der Waals surface area contributed by atoms with Crippen LogP contribution in [-0.4, -0.2) is 27.7 Å². The molecule has 5 nitrogen and oxygen atoms in total. The van der Waals surface area contributed by atoms with Gasteiger partial charge < -0.3 is 4.74 Å². The Bertz CT molecular complexity index is 577. The summed E-state index contributed by atoms with van der Waals surface area (Å²) in [6.45, 7) is 0. The molecule has 2 rings (SSSR count). The van der Waals surface area contributed by atoms with Crippen LogP contribution in [-0.2, 0) is 9.53 Å². The van der Waals surface area contributed by atoms with Crippen LogP contribution < -0.4 is 0 Å². The maximum Gasteiger partial charge on any atom is 0.317 e. The van der Waals surface area contributed by atoms with Gasteiger partial charge in [-0.25, -0.2) is 9.50 Å². The number of rotatable bonds is 1. The molecule has 0 radical (unpaired) electrons. The predicted molar refractivity (Wildman–Crippen MR) is 56.5 cm³/mol. The number of methoxy groups -OCH3 is 1. The number of esters is 1. The molecule has 0 amide bonds. The number of hydrogen-bond acceptors (Lipinski definition) is 4. The van der Waals surface area contributed by atoms with Gasteiger partial charge in [0.25, 0.3) is 0 Å². The molecule has 2 aromatic rings. The molecule has 0 N–H and O–H groups in total. The second-order valence-corrected chi connectivity index (χ2v) is 3.00. The van der Waals surface area contributed by atoms with Gasteiger partial charge in [0.05, 0.1) is 18.9 Å². The Kier molecular flexibility index (Phi) is 2.83. The highest BCUT2D eigenvalue weighted by Crippen LogP contribution is 2.04. The zero-order chi connectivity index (χ0) is 11.4. The van der Waals surface area contributed by atoms with Crippen LogP contribution in [0, 0.1) is 11.8 Å². The van der Waals surface area contributed by atoms with Crippen LogP contribution in [0.25, 0.3) is 5.65 Å². The summed E-state index contributed by atoms with van der Waals surface area (Å²) in [5.74, 6) is 5.20. The molecular weight excluding hydrogens is 206 g/mol. The van der Waals surface area contributed by atoms with E-state index in [0.717, 1.165) is 0 Å². The van der Waals surface area contributed by atoms with Crippen LogP contribution in [0.15, 0.2) is 24.7 Å². The molecular formula is C11H9N3O2. The van der Waals surface area contributed by atoms with Crippen molar-refractivity contribution in [3.63, 3.8) is 0 Å². The minimum absolute atomic E-state index is 0.0701. The number of fused-ring (bicyclic) bond motifs is 1. The van der Waals surface area contributed by atoms with E-state index in [-0.39, 0.29) is 12.4 Å². The summed E-state index contributed by atoms with van der Waals surface area (Å²) in [4.78, 5) is 15.0. The van der Waals surface area contributed by atoms with Crippen molar-refractivity contribution in [1.82, 2.24) is 14.6 Å². The summed E-state index contributed by atoms with van der Waals surface area (Å²) >= 11 is 0. The lowest BCUT2D eigenvalue weighted by molar-refractivity contribution is -0.139. The Hall–Kier alpha value is -2.35. The molecule has 0 unspecified atom stereocenters. The fourth-order valence-electron chi connectivity index (χ4n) is 1.20. The number of aromatic nitrogens is 3. The van der Waals surface area contributed by atoms with E-state index in [1.807, 2.05) is 0 Å². The van der Waals surface area contributed by atoms with Crippen molar-refractivity contribution in [3.8, 4) is 11.8 Å². The van der Waals surface area contributed by atoms with E-state index < -0.39 is 0 Å². The zero-order valence-corrected chi connectivity index (χ0v) is 8.67. The number of nitrogens with zero attached hydrogens (tertiary/aromatic N) is 3. The first-order chi connectivity index (χ1) is 7.81. The maximum atomic E-state index is 10.8. The third-order valence-electron chi connectivity index (χ3n) is 1.96. The molecule has 0 spiro atoms. The van der Waals surface area contributed by atoms with Crippen molar-refractivity contribution < 1.29 is 9.53 Å². The van der Waals surface area contributed by atoms with Gasteiger partial charge in [0.2, 0.25) is 0 Å². The average molecular weight is 215 g/mol. The predicted octanol–water partition coefficient (Wildman–Crippen LogP) is 0.644. The van der Waals surface area contributed by atoms with Crippen LogP contribution in [0.2, 0.25) is 0 Å². The molecule has 0 atom stereocenters. The standard InChI is InChI=1S/C11H9N3O2/c1-16-10(15)5-2-4-9-8-13-14-7-3-6-12-11(9)14/h3,6-8H,5H2,1H3. The monoisotopic (exact) mass is 215 g/mol. The van der Waals surface area contributed by atoms with Crippen molar-refractivity contribution in [2.24, 2.45) is 0 Å². The molecule has 0 aliphatic rings. The van der Waals surface area contributed by atoms with Crippen molar-refractivity contribution in [2.45, 2.75) is 6.42 Å². The number of carbonyl (C=O) groups excluding carboxylic acids is 1. The molecule has 0 aromatic carbocycles. The van der Waals surface area contributed by atoms with E-state index in [0.29, 0.717) is 11.2 Å². The molecule has 2 aromatic heterocycles. The van der Waals surface area contributed by atoms with Gasteiger partial charge in [-0.05, 0) is 6.07 Å². The largest absolute Gasteiger partial charge is 0.468 e. The molecule has 5 heteroatoms. The molecule has 0 saturated heterocycles. The van der Waals surface area contributed by atoms with Gasteiger partial charge in [-0.1, -0.05) is 11.8 Å². The first-order valence-electron chi connectivity index (χ1n) is 4.65. The molecule has 0 saturated carbocycles.